The largest absolute Gasteiger partial charge is 0.423 e. The molecule has 5 nitrogen and oxygen atoms in total. The molecule has 0 fully saturated rings. The van der Waals surface area contributed by atoms with Crippen molar-refractivity contribution in [2.75, 3.05) is 0 Å². The maximum Gasteiger partial charge on any atom is 0.423 e. The Morgan fingerprint density at radius 1 is 1.14 bits per heavy atom. The minimum absolute atomic E-state index is 0.423. The van der Waals surface area contributed by atoms with Crippen LogP contribution in [0.2, 0.25) is 0 Å². The maximum atomic E-state index is 12.3. The predicted octanol–water partition coefficient (Wildman–Crippen LogP) is 3.56. The van der Waals surface area contributed by atoms with E-state index in [0.29, 0.717) is 12.0 Å². The van der Waals surface area contributed by atoms with Crippen LogP contribution in [0.1, 0.15) is 19.6 Å². The van der Waals surface area contributed by atoms with Crippen LogP contribution >= 0.6 is 0 Å². The van der Waals surface area contributed by atoms with Crippen molar-refractivity contribution in [3.8, 4) is 11.1 Å². The third kappa shape index (κ3) is 1.94. The molecule has 3 aromatic rings. The molecule has 4 rings (SSSR count). The van der Waals surface area contributed by atoms with Crippen molar-refractivity contribution >= 4 is 16.8 Å². The lowest BCUT2D eigenvalue weighted by molar-refractivity contribution is 0.0304. The summed E-state index contributed by atoms with van der Waals surface area (Å²) in [6.45, 7) is 1.88. The van der Waals surface area contributed by atoms with E-state index in [0.717, 1.165) is 22.4 Å². The van der Waals surface area contributed by atoms with Gasteiger partial charge in [0.2, 0.25) is 6.23 Å². The van der Waals surface area contributed by atoms with Crippen LogP contribution in [0.5, 0.6) is 0 Å². The SMILES string of the molecule is CC1=NO[C@@H](n2c(=O)oc3c(-c4ccccc4)cccc32)C1. The molecule has 5 heteroatoms. The van der Waals surface area contributed by atoms with Gasteiger partial charge in [0.15, 0.2) is 5.58 Å². The molecule has 22 heavy (non-hydrogen) atoms. The molecule has 0 saturated carbocycles. The Labute approximate surface area is 126 Å². The normalized spacial score (nSPS) is 17.5. The van der Waals surface area contributed by atoms with Crippen molar-refractivity contribution < 1.29 is 9.25 Å². The van der Waals surface area contributed by atoms with Crippen LogP contribution < -0.4 is 5.76 Å². The number of para-hydroxylation sites is 1. The molecule has 1 atom stereocenters. The van der Waals surface area contributed by atoms with Gasteiger partial charge in [0.1, 0.15) is 0 Å². The summed E-state index contributed by atoms with van der Waals surface area (Å²) in [5.41, 5.74) is 4.07. The number of hydrogen-bond acceptors (Lipinski definition) is 4. The van der Waals surface area contributed by atoms with Gasteiger partial charge in [0.25, 0.3) is 0 Å². The van der Waals surface area contributed by atoms with E-state index in [9.17, 15) is 4.79 Å². The lowest BCUT2D eigenvalue weighted by Gasteiger charge is -2.09. The first-order valence-corrected chi connectivity index (χ1v) is 7.13. The summed E-state index contributed by atoms with van der Waals surface area (Å²) < 4.78 is 7.04. The Morgan fingerprint density at radius 3 is 2.68 bits per heavy atom. The minimum atomic E-state index is -0.431. The molecule has 1 aliphatic rings. The predicted molar refractivity (Wildman–Crippen MR) is 83.8 cm³/mol. The molecule has 2 heterocycles. The Balaban J connectivity index is 1.92. The number of hydrogen-bond donors (Lipinski definition) is 0. The van der Waals surface area contributed by atoms with Gasteiger partial charge in [-0.05, 0) is 18.6 Å². The van der Waals surface area contributed by atoms with Gasteiger partial charge in [-0.3, -0.25) is 0 Å². The average molecular weight is 294 g/mol. The highest BCUT2D eigenvalue weighted by atomic mass is 16.7. The molecule has 1 aliphatic heterocycles. The number of nitrogens with zero attached hydrogens (tertiary/aromatic N) is 2. The van der Waals surface area contributed by atoms with Crippen LogP contribution in [-0.4, -0.2) is 10.3 Å². The second-order valence-corrected chi connectivity index (χ2v) is 5.35. The Bertz CT molecular complexity index is 922. The number of rotatable bonds is 2. The second-order valence-electron chi connectivity index (χ2n) is 5.35. The summed E-state index contributed by atoms with van der Waals surface area (Å²) in [5.74, 6) is -0.423. The lowest BCUT2D eigenvalue weighted by Crippen LogP contribution is -2.20. The first-order valence-electron chi connectivity index (χ1n) is 7.13. The first kappa shape index (κ1) is 12.9. The first-order chi connectivity index (χ1) is 10.7. The lowest BCUT2D eigenvalue weighted by atomic mass is 10.0. The second kappa shape index (κ2) is 4.87. The molecular formula is C17H14N2O3. The van der Waals surface area contributed by atoms with Gasteiger partial charge in [0.05, 0.1) is 11.2 Å². The summed E-state index contributed by atoms with van der Waals surface area (Å²) in [7, 11) is 0. The molecular weight excluding hydrogens is 280 g/mol. The highest BCUT2D eigenvalue weighted by molar-refractivity contribution is 5.90. The van der Waals surface area contributed by atoms with Gasteiger partial charge >= 0.3 is 5.76 Å². The third-order valence-corrected chi connectivity index (χ3v) is 3.81. The third-order valence-electron chi connectivity index (χ3n) is 3.81. The van der Waals surface area contributed by atoms with Crippen molar-refractivity contribution in [1.82, 2.24) is 4.57 Å². The smallest absolute Gasteiger partial charge is 0.407 e. The van der Waals surface area contributed by atoms with Gasteiger partial charge < -0.3 is 9.25 Å². The number of oxime groups is 1. The fourth-order valence-corrected chi connectivity index (χ4v) is 2.79. The average Bonchev–Trinajstić information content (AvgIpc) is 3.10. The van der Waals surface area contributed by atoms with Crippen molar-refractivity contribution in [1.29, 1.82) is 0 Å². The van der Waals surface area contributed by atoms with Crippen LogP contribution in [-0.2, 0) is 4.84 Å². The molecule has 0 N–H and O–H groups in total. The van der Waals surface area contributed by atoms with Gasteiger partial charge in [-0.2, -0.15) is 0 Å². The molecule has 2 aromatic carbocycles. The van der Waals surface area contributed by atoms with E-state index in [4.69, 9.17) is 9.25 Å². The van der Waals surface area contributed by atoms with E-state index in [1.807, 2.05) is 55.5 Å². The summed E-state index contributed by atoms with van der Waals surface area (Å²) in [6.07, 6.45) is 0.157. The van der Waals surface area contributed by atoms with Crippen LogP contribution in [0.15, 0.2) is 62.9 Å². The number of benzene rings is 2. The van der Waals surface area contributed by atoms with Crippen LogP contribution in [0.4, 0.5) is 0 Å². The van der Waals surface area contributed by atoms with Crippen LogP contribution in [0, 0.1) is 0 Å². The van der Waals surface area contributed by atoms with E-state index in [-0.39, 0.29) is 0 Å². The monoisotopic (exact) mass is 294 g/mol. The van der Waals surface area contributed by atoms with Crippen molar-refractivity contribution in [2.24, 2.45) is 5.16 Å². The van der Waals surface area contributed by atoms with E-state index in [2.05, 4.69) is 5.16 Å². The van der Waals surface area contributed by atoms with Gasteiger partial charge in [-0.15, -0.1) is 0 Å². The molecule has 0 radical (unpaired) electrons. The Hall–Kier alpha value is -2.82. The fourth-order valence-electron chi connectivity index (χ4n) is 2.79. The van der Waals surface area contributed by atoms with E-state index < -0.39 is 12.0 Å². The molecule has 0 spiro atoms. The van der Waals surface area contributed by atoms with E-state index >= 15 is 0 Å². The topological polar surface area (TPSA) is 56.7 Å². The number of aromatic nitrogens is 1. The Kier molecular flexibility index (Phi) is 2.85. The zero-order chi connectivity index (χ0) is 15.1. The Morgan fingerprint density at radius 2 is 1.95 bits per heavy atom. The van der Waals surface area contributed by atoms with Crippen molar-refractivity contribution in [3.63, 3.8) is 0 Å². The van der Waals surface area contributed by atoms with Crippen LogP contribution in [0.25, 0.3) is 22.2 Å². The molecule has 1 aromatic heterocycles. The summed E-state index contributed by atoms with van der Waals surface area (Å²) in [5, 5.41) is 3.92. The minimum Gasteiger partial charge on any atom is -0.407 e. The number of oxazole rings is 1. The standard InChI is InChI=1S/C17H14N2O3/c1-11-10-15(22-18-11)19-14-9-5-8-13(16(14)21-17(19)20)12-6-3-2-4-7-12/h2-9,15H,10H2,1H3/t15-/m1/s1. The van der Waals surface area contributed by atoms with Crippen molar-refractivity contribution in [2.45, 2.75) is 19.6 Å². The zero-order valence-electron chi connectivity index (χ0n) is 12.0. The summed E-state index contributed by atoms with van der Waals surface area (Å²) >= 11 is 0. The van der Waals surface area contributed by atoms with Crippen LogP contribution in [0.3, 0.4) is 0 Å². The maximum absolute atomic E-state index is 12.3. The highest BCUT2D eigenvalue weighted by Crippen LogP contribution is 2.31. The van der Waals surface area contributed by atoms with E-state index in [1.54, 1.807) is 0 Å². The van der Waals surface area contributed by atoms with E-state index in [1.165, 1.54) is 4.57 Å². The molecule has 0 amide bonds. The van der Waals surface area contributed by atoms with Gasteiger partial charge in [-0.1, -0.05) is 47.6 Å². The highest BCUT2D eigenvalue weighted by Gasteiger charge is 2.26. The number of fused-ring (bicyclic) bond motifs is 1. The summed E-state index contributed by atoms with van der Waals surface area (Å²) in [4.78, 5) is 17.6. The molecule has 0 bridgehead atoms. The fraction of sp³-hybridized carbons (Fsp3) is 0.176. The van der Waals surface area contributed by atoms with Gasteiger partial charge in [-0.25, -0.2) is 9.36 Å². The molecule has 0 unspecified atom stereocenters. The molecule has 110 valence electrons. The van der Waals surface area contributed by atoms with Crippen molar-refractivity contribution in [3.05, 3.63) is 59.1 Å². The zero-order valence-corrected chi connectivity index (χ0v) is 12.0. The molecule has 0 aliphatic carbocycles. The molecule has 0 saturated heterocycles. The van der Waals surface area contributed by atoms with Gasteiger partial charge in [0, 0.05) is 12.0 Å². The summed E-state index contributed by atoms with van der Waals surface area (Å²) in [6, 6.07) is 15.6. The quantitative estimate of drug-likeness (QED) is 0.726.